The normalized spacial score (nSPS) is 14.7. The highest BCUT2D eigenvalue weighted by atomic mass is 19.4. The summed E-state index contributed by atoms with van der Waals surface area (Å²) >= 11 is 0. The minimum absolute atomic E-state index is 0.194. The van der Waals surface area contributed by atoms with Crippen molar-refractivity contribution in [3.8, 4) is 5.75 Å². The van der Waals surface area contributed by atoms with E-state index in [9.17, 15) is 44.3 Å². The maximum atomic E-state index is 13.7. The predicted molar refractivity (Wildman–Crippen MR) is 68.4 cm³/mol. The number of rotatable bonds is 8. The average molecular weight is 398 g/mol. The molecule has 3 nitrogen and oxygen atoms in total. The number of halogens is 9. The van der Waals surface area contributed by atoms with Crippen LogP contribution in [0.4, 0.5) is 39.5 Å². The first kappa shape index (κ1) is 21.9. The molecule has 0 spiro atoms. The highest BCUT2D eigenvalue weighted by molar-refractivity contribution is 5.39. The van der Waals surface area contributed by atoms with Crippen LogP contribution in [0.2, 0.25) is 0 Å². The van der Waals surface area contributed by atoms with E-state index in [2.05, 4.69) is 4.74 Å². The number of carbonyl (C=O) groups is 1. The molecule has 26 heavy (non-hydrogen) atoms. The molecule has 0 amide bonds. The van der Waals surface area contributed by atoms with Crippen molar-refractivity contribution in [1.82, 2.24) is 0 Å². The van der Waals surface area contributed by atoms with Gasteiger partial charge in [0.2, 0.25) is 0 Å². The summed E-state index contributed by atoms with van der Waals surface area (Å²) in [5.74, 6) is -19.5. The Labute approximate surface area is 140 Å². The molecule has 148 valence electrons. The molecular weight excluding hydrogens is 387 g/mol. The Bertz CT molecular complexity index is 611. The first-order chi connectivity index (χ1) is 11.7. The van der Waals surface area contributed by atoms with Crippen molar-refractivity contribution in [2.24, 2.45) is 0 Å². The van der Waals surface area contributed by atoms with Gasteiger partial charge in [0.25, 0.3) is 6.47 Å². The van der Waals surface area contributed by atoms with Crippen LogP contribution in [0.15, 0.2) is 24.3 Å². The highest BCUT2D eigenvalue weighted by Crippen LogP contribution is 2.55. The van der Waals surface area contributed by atoms with Crippen molar-refractivity contribution < 1.29 is 53.8 Å². The highest BCUT2D eigenvalue weighted by Gasteiger charge is 2.81. The fourth-order valence-electron chi connectivity index (χ4n) is 1.90. The number of benzene rings is 1. The average Bonchev–Trinajstić information content (AvgIpc) is 2.53. The van der Waals surface area contributed by atoms with Crippen LogP contribution in [0.1, 0.15) is 18.1 Å². The molecular formula is C14H11F9O3. The van der Waals surface area contributed by atoms with E-state index in [0.717, 1.165) is 24.3 Å². The summed E-state index contributed by atoms with van der Waals surface area (Å²) < 4.78 is 125. The van der Waals surface area contributed by atoms with Gasteiger partial charge in [0.05, 0.1) is 13.5 Å². The fourth-order valence-corrected chi connectivity index (χ4v) is 1.90. The van der Waals surface area contributed by atoms with E-state index in [1.54, 1.807) is 0 Å². The molecule has 0 saturated heterocycles. The molecule has 0 heterocycles. The second-order valence-corrected chi connectivity index (χ2v) is 5.05. The Morgan fingerprint density at radius 1 is 0.923 bits per heavy atom. The van der Waals surface area contributed by atoms with Crippen molar-refractivity contribution in [2.45, 2.75) is 36.5 Å². The summed E-state index contributed by atoms with van der Waals surface area (Å²) in [5.41, 5.74) is -0.344. The zero-order chi connectivity index (χ0) is 20.4. The van der Waals surface area contributed by atoms with Crippen molar-refractivity contribution in [1.29, 1.82) is 0 Å². The molecule has 0 radical (unpaired) electrons. The van der Waals surface area contributed by atoms with E-state index >= 15 is 0 Å². The lowest BCUT2D eigenvalue weighted by Crippen LogP contribution is -2.61. The second kappa shape index (κ2) is 7.23. The maximum absolute atomic E-state index is 13.7. The van der Waals surface area contributed by atoms with Crippen LogP contribution >= 0.6 is 0 Å². The molecule has 1 aromatic carbocycles. The van der Waals surface area contributed by atoms with E-state index in [1.807, 2.05) is 0 Å². The van der Waals surface area contributed by atoms with Crippen molar-refractivity contribution in [3.63, 3.8) is 0 Å². The zero-order valence-corrected chi connectivity index (χ0v) is 12.8. The van der Waals surface area contributed by atoms with Crippen LogP contribution in [0, 0.1) is 0 Å². The van der Waals surface area contributed by atoms with Gasteiger partial charge >= 0.3 is 23.9 Å². The molecule has 1 atom stereocenters. The number of methoxy groups -OCH3 is 1. The topological polar surface area (TPSA) is 35.5 Å². The van der Waals surface area contributed by atoms with Gasteiger partial charge in [0.15, 0.2) is 0 Å². The standard InChI is InChI=1S/C14H11F9O3/c1-25-9-4-2-8(3-5-9)10(26-7-24)6-11(15,16)12(17,18)13(19,20)14(21,22)23/h2-5,7,10H,6H2,1H3. The molecule has 0 aliphatic rings. The van der Waals surface area contributed by atoms with E-state index in [1.165, 1.54) is 7.11 Å². The fraction of sp³-hybridized carbons (Fsp3) is 0.500. The summed E-state index contributed by atoms with van der Waals surface area (Å²) in [4.78, 5) is 10.4. The van der Waals surface area contributed by atoms with Crippen molar-refractivity contribution in [2.75, 3.05) is 7.11 Å². The molecule has 0 fully saturated rings. The van der Waals surface area contributed by atoms with Gasteiger partial charge in [-0.25, -0.2) is 0 Å². The summed E-state index contributed by atoms with van der Waals surface area (Å²) in [6.07, 6.45) is -11.4. The third-order valence-corrected chi connectivity index (χ3v) is 3.36. The van der Waals surface area contributed by atoms with E-state index < -0.39 is 42.9 Å². The van der Waals surface area contributed by atoms with E-state index in [0.29, 0.717) is 0 Å². The zero-order valence-electron chi connectivity index (χ0n) is 12.8. The molecule has 1 unspecified atom stereocenters. The van der Waals surface area contributed by atoms with Crippen molar-refractivity contribution >= 4 is 6.47 Å². The molecule has 1 aromatic rings. The van der Waals surface area contributed by atoms with Gasteiger partial charge in [-0.2, -0.15) is 39.5 Å². The van der Waals surface area contributed by atoms with Gasteiger partial charge in [0, 0.05) is 0 Å². The Balaban J connectivity index is 3.21. The summed E-state index contributed by atoms with van der Waals surface area (Å²) in [5, 5.41) is 0. The Morgan fingerprint density at radius 3 is 1.81 bits per heavy atom. The summed E-state index contributed by atoms with van der Waals surface area (Å²) in [6, 6.07) is 4.28. The third-order valence-electron chi connectivity index (χ3n) is 3.36. The Hall–Kier alpha value is -2.14. The quantitative estimate of drug-likeness (QED) is 0.468. The number of hydrogen-bond donors (Lipinski definition) is 0. The van der Waals surface area contributed by atoms with Crippen molar-refractivity contribution in [3.05, 3.63) is 29.8 Å². The third kappa shape index (κ3) is 3.98. The molecule has 0 aromatic heterocycles. The van der Waals surface area contributed by atoms with Gasteiger partial charge in [-0.3, -0.25) is 4.79 Å². The largest absolute Gasteiger partial charge is 0.497 e. The first-order valence-electron chi connectivity index (χ1n) is 6.64. The molecule has 1 rings (SSSR count). The Kier molecular flexibility index (Phi) is 6.09. The van der Waals surface area contributed by atoms with Crippen LogP contribution in [0.3, 0.4) is 0 Å². The van der Waals surface area contributed by atoms with Crippen LogP contribution in [-0.2, 0) is 9.53 Å². The minimum Gasteiger partial charge on any atom is -0.497 e. The number of ether oxygens (including phenoxy) is 2. The Morgan fingerprint density at radius 2 is 1.42 bits per heavy atom. The van der Waals surface area contributed by atoms with Gasteiger partial charge in [-0.1, -0.05) is 12.1 Å². The lowest BCUT2D eigenvalue weighted by molar-refractivity contribution is -0.398. The molecule has 12 heteroatoms. The van der Waals surface area contributed by atoms with Crippen LogP contribution < -0.4 is 4.74 Å². The van der Waals surface area contributed by atoms with E-state index in [-0.39, 0.29) is 11.3 Å². The lowest BCUT2D eigenvalue weighted by atomic mass is 9.95. The molecule has 0 bridgehead atoms. The van der Waals surface area contributed by atoms with Gasteiger partial charge in [0.1, 0.15) is 11.9 Å². The second-order valence-electron chi connectivity index (χ2n) is 5.05. The summed E-state index contributed by atoms with van der Waals surface area (Å²) in [7, 11) is 1.24. The minimum atomic E-state index is -7.00. The lowest BCUT2D eigenvalue weighted by Gasteiger charge is -2.34. The molecule has 0 saturated carbocycles. The molecule has 0 aliphatic carbocycles. The van der Waals surface area contributed by atoms with Crippen LogP contribution in [0.5, 0.6) is 5.75 Å². The monoisotopic (exact) mass is 398 g/mol. The SMILES string of the molecule is COc1ccc(C(CC(F)(F)C(F)(F)C(F)(F)C(F)(F)F)OC=O)cc1. The molecule has 0 N–H and O–H groups in total. The van der Waals surface area contributed by atoms with Gasteiger partial charge in [-0.15, -0.1) is 0 Å². The molecule has 0 aliphatic heterocycles. The maximum Gasteiger partial charge on any atom is 0.460 e. The van der Waals surface area contributed by atoms with Crippen LogP contribution in [-0.4, -0.2) is 37.5 Å². The first-order valence-corrected chi connectivity index (χ1v) is 6.64. The van der Waals surface area contributed by atoms with E-state index in [4.69, 9.17) is 4.74 Å². The number of alkyl halides is 9. The smallest absolute Gasteiger partial charge is 0.460 e. The van der Waals surface area contributed by atoms with Gasteiger partial charge < -0.3 is 9.47 Å². The predicted octanol–water partition coefficient (Wildman–Crippen LogP) is 4.77. The summed E-state index contributed by atoms with van der Waals surface area (Å²) in [6.45, 7) is -0.426. The van der Waals surface area contributed by atoms with Gasteiger partial charge in [-0.05, 0) is 17.7 Å². The number of carbonyl (C=O) groups excluding carboxylic acids is 1. The van der Waals surface area contributed by atoms with Crippen LogP contribution in [0.25, 0.3) is 0 Å². The number of hydrogen-bond acceptors (Lipinski definition) is 3.